The van der Waals surface area contributed by atoms with Crippen molar-refractivity contribution in [3.8, 4) is 11.6 Å². The Hall–Kier alpha value is -1.73. The first kappa shape index (κ1) is 12.7. The molecule has 0 unspecified atom stereocenters. The van der Waals surface area contributed by atoms with E-state index in [0.29, 0.717) is 4.60 Å². The van der Waals surface area contributed by atoms with Crippen LogP contribution in [-0.4, -0.2) is 14.9 Å². The fraction of sp³-hybridized carbons (Fsp3) is 0. The van der Waals surface area contributed by atoms with Crippen LogP contribution in [0.25, 0.3) is 0 Å². The fourth-order valence-electron chi connectivity index (χ4n) is 1.17. The van der Waals surface area contributed by atoms with Gasteiger partial charge in [-0.2, -0.15) is 0 Å². The van der Waals surface area contributed by atoms with Crippen LogP contribution in [0.15, 0.2) is 35.2 Å². The van der Waals surface area contributed by atoms with E-state index in [4.69, 9.17) is 16.3 Å². The minimum absolute atomic E-state index is 0.101. The van der Waals surface area contributed by atoms with E-state index in [9.17, 15) is 10.1 Å². The van der Waals surface area contributed by atoms with Crippen LogP contribution < -0.4 is 4.74 Å². The lowest BCUT2D eigenvalue weighted by molar-refractivity contribution is -0.384. The number of hydrogen-bond acceptors (Lipinski definition) is 5. The van der Waals surface area contributed by atoms with Crippen LogP contribution in [0.2, 0.25) is 5.02 Å². The van der Waals surface area contributed by atoms with Crippen molar-refractivity contribution in [2.75, 3.05) is 0 Å². The molecule has 0 aliphatic carbocycles. The Morgan fingerprint density at radius 3 is 2.72 bits per heavy atom. The first-order chi connectivity index (χ1) is 8.56. The molecule has 92 valence electrons. The Labute approximate surface area is 115 Å². The molecule has 0 aliphatic heterocycles. The van der Waals surface area contributed by atoms with E-state index in [1.807, 2.05) is 0 Å². The van der Waals surface area contributed by atoms with Crippen LogP contribution in [0.3, 0.4) is 0 Å². The molecule has 0 atom stereocenters. The van der Waals surface area contributed by atoms with Gasteiger partial charge in [0, 0.05) is 18.2 Å². The summed E-state index contributed by atoms with van der Waals surface area (Å²) in [5.74, 6) is 0.570. The summed E-state index contributed by atoms with van der Waals surface area (Å²) in [4.78, 5) is 17.7. The summed E-state index contributed by atoms with van der Waals surface area (Å²) in [6, 6.07) is 5.48. The third-order valence-electron chi connectivity index (χ3n) is 1.95. The molecule has 0 aliphatic rings. The molecule has 1 aromatic heterocycles. The summed E-state index contributed by atoms with van der Waals surface area (Å²) in [6.45, 7) is 0. The van der Waals surface area contributed by atoms with Crippen molar-refractivity contribution in [2.24, 2.45) is 0 Å². The molecular formula is C10H5BrClN3O3. The maximum absolute atomic E-state index is 10.5. The van der Waals surface area contributed by atoms with E-state index < -0.39 is 4.92 Å². The number of nitro groups is 1. The molecular weight excluding hydrogens is 325 g/mol. The molecule has 6 nitrogen and oxygen atoms in total. The highest BCUT2D eigenvalue weighted by Gasteiger charge is 2.11. The predicted octanol–water partition coefficient (Wildman–Crippen LogP) is 3.59. The molecule has 0 radical (unpaired) electrons. The highest BCUT2D eigenvalue weighted by atomic mass is 79.9. The molecule has 0 N–H and O–H groups in total. The molecule has 0 spiro atoms. The first-order valence-corrected chi connectivity index (χ1v) is 5.82. The van der Waals surface area contributed by atoms with Gasteiger partial charge in [-0.15, -0.1) is 0 Å². The summed E-state index contributed by atoms with van der Waals surface area (Å²) < 4.78 is 5.95. The standard InChI is InChI=1S/C10H5BrClN3O3/c11-9-4-10(14-5-13-9)18-8-2-1-6(15(16)17)3-7(8)12/h1-5H. The summed E-state index contributed by atoms with van der Waals surface area (Å²) in [7, 11) is 0. The molecule has 8 heteroatoms. The summed E-state index contributed by atoms with van der Waals surface area (Å²) in [5.41, 5.74) is -0.101. The van der Waals surface area contributed by atoms with E-state index in [0.717, 1.165) is 0 Å². The van der Waals surface area contributed by atoms with Gasteiger partial charge in [0.15, 0.2) is 0 Å². The zero-order chi connectivity index (χ0) is 13.1. The van der Waals surface area contributed by atoms with Gasteiger partial charge >= 0.3 is 0 Å². The largest absolute Gasteiger partial charge is 0.437 e. The van der Waals surface area contributed by atoms with Crippen molar-refractivity contribution < 1.29 is 9.66 Å². The smallest absolute Gasteiger partial charge is 0.271 e. The number of nitrogens with zero attached hydrogens (tertiary/aromatic N) is 3. The Bertz CT molecular complexity index is 609. The Kier molecular flexibility index (Phi) is 3.73. The van der Waals surface area contributed by atoms with Crippen LogP contribution in [0.5, 0.6) is 11.6 Å². The molecule has 0 saturated carbocycles. The van der Waals surface area contributed by atoms with Gasteiger partial charge in [0.1, 0.15) is 16.7 Å². The molecule has 1 heterocycles. The Morgan fingerprint density at radius 2 is 2.11 bits per heavy atom. The lowest BCUT2D eigenvalue weighted by atomic mass is 10.3. The number of ether oxygens (including phenoxy) is 1. The van der Waals surface area contributed by atoms with Gasteiger partial charge in [0.25, 0.3) is 5.69 Å². The van der Waals surface area contributed by atoms with Crippen molar-refractivity contribution in [2.45, 2.75) is 0 Å². The number of rotatable bonds is 3. The molecule has 2 aromatic rings. The summed E-state index contributed by atoms with van der Waals surface area (Å²) in [5, 5.41) is 10.7. The lowest BCUT2D eigenvalue weighted by Crippen LogP contribution is -1.92. The minimum Gasteiger partial charge on any atom is -0.437 e. The fourth-order valence-corrected chi connectivity index (χ4v) is 1.67. The Morgan fingerprint density at radius 1 is 1.33 bits per heavy atom. The van der Waals surface area contributed by atoms with E-state index in [-0.39, 0.29) is 22.3 Å². The molecule has 0 bridgehead atoms. The van der Waals surface area contributed by atoms with Crippen LogP contribution in [0.4, 0.5) is 5.69 Å². The molecule has 18 heavy (non-hydrogen) atoms. The second-order valence-electron chi connectivity index (χ2n) is 3.15. The number of hydrogen-bond donors (Lipinski definition) is 0. The SMILES string of the molecule is O=[N+]([O-])c1ccc(Oc2cc(Br)ncn2)c(Cl)c1. The van der Waals surface area contributed by atoms with Gasteiger partial charge in [-0.05, 0) is 22.0 Å². The normalized spacial score (nSPS) is 10.1. The van der Waals surface area contributed by atoms with Crippen LogP contribution >= 0.6 is 27.5 Å². The average Bonchev–Trinajstić information content (AvgIpc) is 2.31. The number of non-ortho nitro benzene ring substituents is 1. The molecule has 2 rings (SSSR count). The van der Waals surface area contributed by atoms with Crippen molar-refractivity contribution in [3.05, 3.63) is 50.3 Å². The minimum atomic E-state index is -0.531. The highest BCUT2D eigenvalue weighted by molar-refractivity contribution is 9.10. The quantitative estimate of drug-likeness (QED) is 0.488. The van der Waals surface area contributed by atoms with Crippen molar-refractivity contribution in [1.82, 2.24) is 9.97 Å². The van der Waals surface area contributed by atoms with E-state index in [2.05, 4.69) is 25.9 Å². The van der Waals surface area contributed by atoms with E-state index >= 15 is 0 Å². The third-order valence-corrected chi connectivity index (χ3v) is 2.68. The maximum Gasteiger partial charge on any atom is 0.271 e. The predicted molar refractivity (Wildman–Crippen MR) is 67.9 cm³/mol. The van der Waals surface area contributed by atoms with Gasteiger partial charge in [0.2, 0.25) is 5.88 Å². The van der Waals surface area contributed by atoms with Gasteiger partial charge in [-0.3, -0.25) is 10.1 Å². The molecule has 0 saturated heterocycles. The number of benzene rings is 1. The molecule has 0 fully saturated rings. The van der Waals surface area contributed by atoms with Crippen LogP contribution in [-0.2, 0) is 0 Å². The van der Waals surface area contributed by atoms with Gasteiger partial charge < -0.3 is 4.74 Å². The second-order valence-corrected chi connectivity index (χ2v) is 4.37. The monoisotopic (exact) mass is 329 g/mol. The summed E-state index contributed by atoms with van der Waals surface area (Å²) in [6.07, 6.45) is 1.32. The second kappa shape index (κ2) is 5.28. The number of aromatic nitrogens is 2. The number of halogens is 2. The van der Waals surface area contributed by atoms with E-state index in [1.165, 1.54) is 24.5 Å². The zero-order valence-electron chi connectivity index (χ0n) is 8.71. The first-order valence-electron chi connectivity index (χ1n) is 4.65. The van der Waals surface area contributed by atoms with Gasteiger partial charge in [-0.25, -0.2) is 9.97 Å². The average molecular weight is 331 g/mol. The van der Waals surface area contributed by atoms with Crippen molar-refractivity contribution in [3.63, 3.8) is 0 Å². The number of nitro benzene ring substituents is 1. The van der Waals surface area contributed by atoms with E-state index in [1.54, 1.807) is 6.07 Å². The Balaban J connectivity index is 2.27. The van der Waals surface area contributed by atoms with Gasteiger partial charge in [0.05, 0.1) is 9.95 Å². The molecule has 0 amide bonds. The highest BCUT2D eigenvalue weighted by Crippen LogP contribution is 2.31. The lowest BCUT2D eigenvalue weighted by Gasteiger charge is -2.05. The van der Waals surface area contributed by atoms with Crippen molar-refractivity contribution >= 4 is 33.2 Å². The van der Waals surface area contributed by atoms with Crippen LogP contribution in [0.1, 0.15) is 0 Å². The molecule has 1 aromatic carbocycles. The van der Waals surface area contributed by atoms with Crippen LogP contribution in [0, 0.1) is 10.1 Å². The van der Waals surface area contributed by atoms with Crippen molar-refractivity contribution in [1.29, 1.82) is 0 Å². The maximum atomic E-state index is 10.5. The topological polar surface area (TPSA) is 78.2 Å². The summed E-state index contributed by atoms with van der Waals surface area (Å²) >= 11 is 9.05. The zero-order valence-corrected chi connectivity index (χ0v) is 11.1. The third kappa shape index (κ3) is 2.93. The van der Waals surface area contributed by atoms with Gasteiger partial charge in [-0.1, -0.05) is 11.6 Å².